The number of aliphatic hydroxyl groups is 1. The number of aliphatic hydroxyl groups excluding tert-OH is 1. The summed E-state index contributed by atoms with van der Waals surface area (Å²) < 4.78 is 68.9. The second-order valence-corrected chi connectivity index (χ2v) is 35.1. The Morgan fingerprint density at radius 3 is 0.642 bits per heavy atom. The van der Waals surface area contributed by atoms with Crippen LogP contribution < -0.4 is 0 Å². The summed E-state index contributed by atoms with van der Waals surface area (Å²) in [7, 11) is -9.93. The Morgan fingerprint density at radius 2 is 0.434 bits per heavy atom. The van der Waals surface area contributed by atoms with Gasteiger partial charge in [-0.1, -0.05) is 414 Å². The minimum absolute atomic E-state index is 0.107. The third-order valence-corrected chi connectivity index (χ3v) is 22.4. The number of phosphoric ester groups is 2. The average Bonchev–Trinajstić information content (AvgIpc) is 0.925. The van der Waals surface area contributed by atoms with Crippen molar-refractivity contribution in [3.63, 3.8) is 0 Å². The van der Waals surface area contributed by atoms with Crippen LogP contribution in [0.25, 0.3) is 0 Å². The molecule has 106 heavy (non-hydrogen) atoms. The minimum atomic E-state index is -4.97. The van der Waals surface area contributed by atoms with Gasteiger partial charge in [-0.15, -0.1) is 0 Å². The standard InChI is InChI=1S/C87H170O17P2/c1-7-9-11-13-15-17-19-21-23-25-27-28-29-30-32-34-36-41-45-53-59-65-71-86(91)103-82(75-97-84(89)69-63-57-51-44-40-35-33-31-26-24-22-20-18-16-14-12-10-8-2)77-101-105(93,94)99-73-81(88)74-100-106(95,96)102-78-83(76-98-85(90)70-64-58-52-48-47-50-56-62-68-80(5)6)104-87(92)72-66-60-54-46-42-38-37-39-43-49-55-61-67-79(3)4/h79-83,88H,7-78H2,1-6H3,(H,93,94)(H,95,96)/t81-,82-,83-/m1/s1. The molecule has 0 fully saturated rings. The molecule has 0 aliphatic carbocycles. The van der Waals surface area contributed by atoms with Crippen LogP contribution in [-0.4, -0.2) is 96.7 Å². The first-order valence-electron chi connectivity index (χ1n) is 45.0. The third kappa shape index (κ3) is 80.1. The van der Waals surface area contributed by atoms with E-state index in [2.05, 4.69) is 41.5 Å². The zero-order chi connectivity index (χ0) is 77.8. The minimum Gasteiger partial charge on any atom is -0.462 e. The summed E-state index contributed by atoms with van der Waals surface area (Å²) in [6.07, 6.45) is 71.0. The molecule has 0 aromatic rings. The van der Waals surface area contributed by atoms with Gasteiger partial charge in [0.05, 0.1) is 26.4 Å². The molecule has 0 amide bonds. The van der Waals surface area contributed by atoms with E-state index in [1.807, 2.05) is 0 Å². The molecule has 630 valence electrons. The molecule has 0 heterocycles. The van der Waals surface area contributed by atoms with E-state index in [1.54, 1.807) is 0 Å². The molecule has 0 spiro atoms. The Labute approximate surface area is 651 Å². The lowest BCUT2D eigenvalue weighted by Crippen LogP contribution is -2.30. The number of esters is 4. The van der Waals surface area contributed by atoms with Crippen LogP contribution in [-0.2, 0) is 65.4 Å². The van der Waals surface area contributed by atoms with Gasteiger partial charge in [0.1, 0.15) is 19.3 Å². The quantitative estimate of drug-likeness (QED) is 0.0222. The van der Waals surface area contributed by atoms with Gasteiger partial charge in [0.15, 0.2) is 12.2 Å². The van der Waals surface area contributed by atoms with E-state index in [4.69, 9.17) is 37.0 Å². The number of carbonyl (C=O) groups excluding carboxylic acids is 4. The number of ether oxygens (including phenoxy) is 4. The second kappa shape index (κ2) is 78.3. The third-order valence-electron chi connectivity index (χ3n) is 20.5. The van der Waals surface area contributed by atoms with E-state index >= 15 is 0 Å². The fourth-order valence-corrected chi connectivity index (χ4v) is 15.2. The number of hydrogen-bond acceptors (Lipinski definition) is 15. The first kappa shape index (κ1) is 104. The molecule has 0 saturated heterocycles. The van der Waals surface area contributed by atoms with E-state index in [9.17, 15) is 43.2 Å². The topological polar surface area (TPSA) is 237 Å². The van der Waals surface area contributed by atoms with Gasteiger partial charge in [0.2, 0.25) is 0 Å². The molecule has 0 aliphatic heterocycles. The maximum Gasteiger partial charge on any atom is 0.472 e. The molecule has 5 atom stereocenters. The molecule has 0 aromatic heterocycles. The van der Waals surface area contributed by atoms with Crippen molar-refractivity contribution in [2.45, 2.75) is 484 Å². The van der Waals surface area contributed by atoms with Gasteiger partial charge in [-0.25, -0.2) is 9.13 Å². The van der Waals surface area contributed by atoms with Gasteiger partial charge < -0.3 is 33.8 Å². The molecule has 0 aromatic carbocycles. The van der Waals surface area contributed by atoms with Crippen molar-refractivity contribution in [3.05, 3.63) is 0 Å². The Kier molecular flexibility index (Phi) is 76.9. The van der Waals surface area contributed by atoms with Crippen molar-refractivity contribution in [2.24, 2.45) is 11.8 Å². The Bertz CT molecular complexity index is 2030. The smallest absolute Gasteiger partial charge is 0.462 e. The van der Waals surface area contributed by atoms with Crippen molar-refractivity contribution >= 4 is 39.5 Å². The number of hydrogen-bond donors (Lipinski definition) is 3. The van der Waals surface area contributed by atoms with Crippen molar-refractivity contribution in [1.29, 1.82) is 0 Å². The molecule has 0 rings (SSSR count). The number of rotatable bonds is 86. The van der Waals surface area contributed by atoms with E-state index < -0.39 is 97.5 Å². The van der Waals surface area contributed by atoms with E-state index in [0.717, 1.165) is 102 Å². The Morgan fingerprint density at radius 1 is 0.255 bits per heavy atom. The summed E-state index contributed by atoms with van der Waals surface area (Å²) in [5.41, 5.74) is 0. The fraction of sp³-hybridized carbons (Fsp3) is 0.954. The van der Waals surface area contributed by atoms with Crippen LogP contribution in [0.1, 0.15) is 465 Å². The van der Waals surface area contributed by atoms with Crippen LogP contribution in [0.2, 0.25) is 0 Å². The van der Waals surface area contributed by atoms with Crippen LogP contribution >= 0.6 is 15.6 Å². The SMILES string of the molecule is CCCCCCCCCCCCCCCCCCCCCCCCC(=O)O[C@H](COC(=O)CCCCCCCCCCCCCCCCCCCC)COP(=O)(O)OC[C@@H](O)COP(=O)(O)OC[C@@H](COC(=O)CCCCCCCCCCC(C)C)OC(=O)CCCCCCCCCCCCCCC(C)C. The molecular weight excluding hydrogens is 1380 g/mol. The number of unbranched alkanes of at least 4 members (excludes halogenated alkanes) is 56. The van der Waals surface area contributed by atoms with Gasteiger partial charge in [0, 0.05) is 25.7 Å². The van der Waals surface area contributed by atoms with E-state index in [-0.39, 0.29) is 25.7 Å². The summed E-state index contributed by atoms with van der Waals surface area (Å²) in [6.45, 7) is 9.65. The van der Waals surface area contributed by atoms with E-state index in [0.29, 0.717) is 25.7 Å². The van der Waals surface area contributed by atoms with Gasteiger partial charge in [-0.3, -0.25) is 37.3 Å². The van der Waals surface area contributed by atoms with Crippen molar-refractivity contribution in [2.75, 3.05) is 39.6 Å². The first-order chi connectivity index (χ1) is 51.4. The molecule has 17 nitrogen and oxygen atoms in total. The summed E-state index contributed by atoms with van der Waals surface area (Å²) >= 11 is 0. The summed E-state index contributed by atoms with van der Waals surface area (Å²) in [5, 5.41) is 10.7. The van der Waals surface area contributed by atoms with Gasteiger partial charge in [0.25, 0.3) is 0 Å². The first-order valence-corrected chi connectivity index (χ1v) is 48.0. The van der Waals surface area contributed by atoms with Crippen LogP contribution in [0.15, 0.2) is 0 Å². The van der Waals surface area contributed by atoms with Crippen molar-refractivity contribution < 1.29 is 80.2 Å². The van der Waals surface area contributed by atoms with Crippen LogP contribution in [0, 0.1) is 11.8 Å². The second-order valence-electron chi connectivity index (χ2n) is 32.2. The van der Waals surface area contributed by atoms with E-state index in [1.165, 1.54) is 283 Å². The highest BCUT2D eigenvalue weighted by molar-refractivity contribution is 7.47. The average molecular weight is 1550 g/mol. The largest absolute Gasteiger partial charge is 0.472 e. The molecule has 19 heteroatoms. The van der Waals surface area contributed by atoms with Gasteiger partial charge in [-0.05, 0) is 37.5 Å². The van der Waals surface area contributed by atoms with Crippen molar-refractivity contribution in [1.82, 2.24) is 0 Å². The lowest BCUT2D eigenvalue weighted by Gasteiger charge is -2.21. The Balaban J connectivity index is 5.23. The summed E-state index contributed by atoms with van der Waals surface area (Å²) in [4.78, 5) is 73.3. The van der Waals surface area contributed by atoms with Crippen LogP contribution in [0.4, 0.5) is 0 Å². The van der Waals surface area contributed by atoms with Gasteiger partial charge >= 0.3 is 39.5 Å². The maximum absolute atomic E-state index is 13.2. The molecule has 0 bridgehead atoms. The normalized spacial score (nSPS) is 13.8. The predicted octanol–water partition coefficient (Wildman–Crippen LogP) is 26.6. The molecule has 3 N–H and O–H groups in total. The highest BCUT2D eigenvalue weighted by atomic mass is 31.2. The molecule has 2 unspecified atom stereocenters. The molecular formula is C87H170O17P2. The monoisotopic (exact) mass is 1550 g/mol. The molecule has 0 aliphatic rings. The summed E-state index contributed by atoms with van der Waals surface area (Å²) in [5.74, 6) is -0.600. The lowest BCUT2D eigenvalue weighted by atomic mass is 10.0. The number of phosphoric acid groups is 2. The van der Waals surface area contributed by atoms with Crippen molar-refractivity contribution in [3.8, 4) is 0 Å². The highest BCUT2D eigenvalue weighted by Crippen LogP contribution is 2.45. The zero-order valence-corrected chi connectivity index (χ0v) is 71.5. The Hall–Kier alpha value is -1.94. The van der Waals surface area contributed by atoms with Gasteiger partial charge in [-0.2, -0.15) is 0 Å². The fourth-order valence-electron chi connectivity index (χ4n) is 13.6. The highest BCUT2D eigenvalue weighted by Gasteiger charge is 2.30. The zero-order valence-electron chi connectivity index (χ0n) is 69.7. The van der Waals surface area contributed by atoms with Crippen LogP contribution in [0.5, 0.6) is 0 Å². The lowest BCUT2D eigenvalue weighted by molar-refractivity contribution is -0.161. The number of carbonyl (C=O) groups is 4. The predicted molar refractivity (Wildman–Crippen MR) is 437 cm³/mol. The maximum atomic E-state index is 13.2. The summed E-state index contributed by atoms with van der Waals surface area (Å²) in [6, 6.07) is 0. The molecule has 0 radical (unpaired) electrons. The molecule has 0 saturated carbocycles. The van der Waals surface area contributed by atoms with Crippen LogP contribution in [0.3, 0.4) is 0 Å².